The predicted molar refractivity (Wildman–Crippen MR) is 49.1 cm³/mol. The van der Waals surface area contributed by atoms with Gasteiger partial charge in [-0.05, 0) is 25.7 Å². The molecular formula is C10H18O3. The van der Waals surface area contributed by atoms with Crippen LogP contribution in [0.5, 0.6) is 0 Å². The average Bonchev–Trinajstić information content (AvgIpc) is 2.04. The maximum Gasteiger partial charge on any atom is 0.293 e. The fourth-order valence-electron chi connectivity index (χ4n) is 2.13. The highest BCUT2D eigenvalue weighted by Gasteiger charge is 2.32. The quantitative estimate of drug-likeness (QED) is 0.677. The second-order valence-corrected chi connectivity index (χ2v) is 4.09. The van der Waals surface area contributed by atoms with E-state index in [1.54, 1.807) is 6.92 Å². The maximum absolute atomic E-state index is 10.2. The molecular weight excluding hydrogens is 168 g/mol. The normalized spacial score (nSPS) is 36.7. The maximum atomic E-state index is 10.2. The lowest BCUT2D eigenvalue weighted by atomic mass is 9.78. The fraction of sp³-hybridized carbons (Fsp3) is 0.900. The number of rotatable bonds is 3. The van der Waals surface area contributed by atoms with Crippen LogP contribution in [0.3, 0.4) is 0 Å². The van der Waals surface area contributed by atoms with E-state index in [0.29, 0.717) is 12.4 Å². The van der Waals surface area contributed by atoms with Crippen molar-refractivity contribution >= 4 is 6.47 Å². The molecule has 1 unspecified atom stereocenters. The minimum absolute atomic E-state index is 0.0822. The molecule has 0 spiro atoms. The molecule has 0 amide bonds. The second-order valence-electron chi connectivity index (χ2n) is 4.09. The highest BCUT2D eigenvalue weighted by Crippen LogP contribution is 2.32. The summed E-state index contributed by atoms with van der Waals surface area (Å²) in [4.78, 5) is 10.2. The molecule has 0 aliphatic heterocycles. The van der Waals surface area contributed by atoms with Gasteiger partial charge in [0.25, 0.3) is 6.47 Å². The van der Waals surface area contributed by atoms with Crippen molar-refractivity contribution in [3.05, 3.63) is 0 Å². The summed E-state index contributed by atoms with van der Waals surface area (Å²) < 4.78 is 4.99. The molecule has 3 heteroatoms. The van der Waals surface area contributed by atoms with Crippen LogP contribution in [0.4, 0.5) is 0 Å². The second kappa shape index (κ2) is 4.61. The van der Waals surface area contributed by atoms with Gasteiger partial charge in [0.15, 0.2) is 0 Å². The first-order chi connectivity index (χ1) is 6.15. The van der Waals surface area contributed by atoms with Crippen molar-refractivity contribution < 1.29 is 14.6 Å². The first kappa shape index (κ1) is 10.5. The van der Waals surface area contributed by atoms with Crippen LogP contribution in [0.1, 0.15) is 33.1 Å². The Bertz CT molecular complexity index is 168. The summed E-state index contributed by atoms with van der Waals surface area (Å²) in [6.07, 6.45) is 2.50. The zero-order chi connectivity index (χ0) is 9.84. The van der Waals surface area contributed by atoms with E-state index >= 15 is 0 Å². The van der Waals surface area contributed by atoms with Gasteiger partial charge in [0.2, 0.25) is 0 Å². The predicted octanol–water partition coefficient (Wildman–Crippen LogP) is 1.34. The first-order valence-electron chi connectivity index (χ1n) is 4.92. The van der Waals surface area contributed by atoms with E-state index in [9.17, 15) is 9.90 Å². The van der Waals surface area contributed by atoms with Gasteiger partial charge in [0.05, 0.1) is 6.10 Å². The van der Waals surface area contributed by atoms with Gasteiger partial charge in [0, 0.05) is 5.92 Å². The molecule has 0 aromatic carbocycles. The lowest BCUT2D eigenvalue weighted by Gasteiger charge is -2.34. The third-order valence-electron chi connectivity index (χ3n) is 2.95. The third kappa shape index (κ3) is 2.69. The van der Waals surface area contributed by atoms with E-state index in [4.69, 9.17) is 4.74 Å². The SMILES string of the molecule is CC(O)[C@@H]1CC[C@@H](C)C[C@H]1OC=O. The molecule has 1 rings (SSSR count). The topological polar surface area (TPSA) is 46.5 Å². The number of ether oxygens (including phenoxy) is 1. The van der Waals surface area contributed by atoms with Gasteiger partial charge in [-0.2, -0.15) is 0 Å². The number of carbonyl (C=O) groups excluding carboxylic acids is 1. The Labute approximate surface area is 79.1 Å². The summed E-state index contributed by atoms with van der Waals surface area (Å²) in [7, 11) is 0. The molecule has 0 aromatic rings. The molecule has 0 saturated heterocycles. The molecule has 0 heterocycles. The molecule has 76 valence electrons. The molecule has 0 bridgehead atoms. The van der Waals surface area contributed by atoms with Crippen molar-refractivity contribution in [1.29, 1.82) is 0 Å². The Balaban J connectivity index is 2.54. The summed E-state index contributed by atoms with van der Waals surface area (Å²) in [5.74, 6) is 0.723. The Morgan fingerprint density at radius 2 is 2.23 bits per heavy atom. The molecule has 1 aliphatic carbocycles. The summed E-state index contributed by atoms with van der Waals surface area (Å²) in [5.41, 5.74) is 0. The van der Waals surface area contributed by atoms with E-state index in [0.717, 1.165) is 19.3 Å². The standard InChI is InChI=1S/C10H18O3/c1-7-3-4-9(8(2)12)10(5-7)13-6-11/h6-10,12H,3-5H2,1-2H3/t7-,8?,9+,10-/m1/s1. The van der Waals surface area contributed by atoms with Crippen molar-refractivity contribution in [3.63, 3.8) is 0 Å². The largest absolute Gasteiger partial charge is 0.464 e. The van der Waals surface area contributed by atoms with Crippen molar-refractivity contribution in [2.45, 2.75) is 45.3 Å². The minimum atomic E-state index is -0.377. The lowest BCUT2D eigenvalue weighted by Crippen LogP contribution is -2.37. The van der Waals surface area contributed by atoms with Crippen LogP contribution in [-0.4, -0.2) is 23.8 Å². The summed E-state index contributed by atoms with van der Waals surface area (Å²) in [6.45, 7) is 4.42. The Morgan fingerprint density at radius 1 is 1.54 bits per heavy atom. The van der Waals surface area contributed by atoms with Crippen LogP contribution in [0.25, 0.3) is 0 Å². The van der Waals surface area contributed by atoms with Crippen molar-refractivity contribution in [2.75, 3.05) is 0 Å². The Kier molecular flexibility index (Phi) is 3.72. The van der Waals surface area contributed by atoms with Crippen LogP contribution in [-0.2, 0) is 9.53 Å². The molecule has 1 saturated carbocycles. The van der Waals surface area contributed by atoms with Gasteiger partial charge in [0.1, 0.15) is 6.10 Å². The Morgan fingerprint density at radius 3 is 2.77 bits per heavy atom. The molecule has 1 aliphatic rings. The monoisotopic (exact) mass is 186 g/mol. The smallest absolute Gasteiger partial charge is 0.293 e. The summed E-state index contributed by atoms with van der Waals surface area (Å²) in [5, 5.41) is 9.46. The first-order valence-corrected chi connectivity index (χ1v) is 4.92. The molecule has 13 heavy (non-hydrogen) atoms. The van der Waals surface area contributed by atoms with Crippen molar-refractivity contribution in [2.24, 2.45) is 11.8 Å². The lowest BCUT2D eigenvalue weighted by molar-refractivity contribution is -0.141. The highest BCUT2D eigenvalue weighted by molar-refractivity contribution is 5.37. The van der Waals surface area contributed by atoms with E-state index < -0.39 is 0 Å². The Hall–Kier alpha value is -0.570. The summed E-state index contributed by atoms with van der Waals surface area (Å²) >= 11 is 0. The van der Waals surface area contributed by atoms with Crippen molar-refractivity contribution in [1.82, 2.24) is 0 Å². The van der Waals surface area contributed by atoms with Gasteiger partial charge in [-0.15, -0.1) is 0 Å². The van der Waals surface area contributed by atoms with E-state index in [1.807, 2.05) is 0 Å². The number of hydrogen-bond donors (Lipinski definition) is 1. The van der Waals surface area contributed by atoms with Gasteiger partial charge < -0.3 is 9.84 Å². The third-order valence-corrected chi connectivity index (χ3v) is 2.95. The van der Waals surface area contributed by atoms with Gasteiger partial charge in [-0.3, -0.25) is 4.79 Å². The minimum Gasteiger partial charge on any atom is -0.464 e. The van der Waals surface area contributed by atoms with E-state index in [-0.39, 0.29) is 18.1 Å². The van der Waals surface area contributed by atoms with Crippen LogP contribution in [0.2, 0.25) is 0 Å². The highest BCUT2D eigenvalue weighted by atomic mass is 16.5. The van der Waals surface area contributed by atoms with Crippen LogP contribution in [0, 0.1) is 11.8 Å². The average molecular weight is 186 g/mol. The van der Waals surface area contributed by atoms with E-state index in [1.165, 1.54) is 0 Å². The fourth-order valence-corrected chi connectivity index (χ4v) is 2.13. The van der Waals surface area contributed by atoms with Crippen LogP contribution >= 0.6 is 0 Å². The van der Waals surface area contributed by atoms with Gasteiger partial charge in [-0.1, -0.05) is 13.3 Å². The van der Waals surface area contributed by atoms with Gasteiger partial charge >= 0.3 is 0 Å². The molecule has 0 aromatic heterocycles. The molecule has 0 radical (unpaired) electrons. The summed E-state index contributed by atoms with van der Waals surface area (Å²) in [6, 6.07) is 0. The van der Waals surface area contributed by atoms with Crippen LogP contribution in [0.15, 0.2) is 0 Å². The molecule has 1 N–H and O–H groups in total. The van der Waals surface area contributed by atoms with Crippen LogP contribution < -0.4 is 0 Å². The van der Waals surface area contributed by atoms with Crippen molar-refractivity contribution in [3.8, 4) is 0 Å². The molecule has 1 fully saturated rings. The van der Waals surface area contributed by atoms with E-state index in [2.05, 4.69) is 6.92 Å². The number of hydrogen-bond acceptors (Lipinski definition) is 3. The number of carbonyl (C=O) groups is 1. The number of aliphatic hydroxyl groups excluding tert-OH is 1. The zero-order valence-electron chi connectivity index (χ0n) is 8.27. The molecule has 4 atom stereocenters. The number of aliphatic hydroxyl groups is 1. The molecule has 3 nitrogen and oxygen atoms in total. The van der Waals surface area contributed by atoms with Gasteiger partial charge in [-0.25, -0.2) is 0 Å². The zero-order valence-corrected chi connectivity index (χ0v) is 8.27.